The molecular formula is C18H19N5O2. The number of nitrogens with zero attached hydrogens (tertiary/aromatic N) is 3. The Morgan fingerprint density at radius 3 is 2.64 bits per heavy atom. The Labute approximate surface area is 144 Å². The monoisotopic (exact) mass is 337 g/mol. The van der Waals surface area contributed by atoms with Crippen LogP contribution in [0.2, 0.25) is 0 Å². The lowest BCUT2D eigenvalue weighted by molar-refractivity contribution is 0.0958. The average molecular weight is 337 g/mol. The van der Waals surface area contributed by atoms with Crippen molar-refractivity contribution in [2.75, 3.05) is 25.0 Å². The van der Waals surface area contributed by atoms with E-state index in [1.165, 1.54) is 12.8 Å². The minimum atomic E-state index is -0.411. The Balaban J connectivity index is 1.88. The number of piperidine rings is 1. The molecule has 0 radical (unpaired) electrons. The summed E-state index contributed by atoms with van der Waals surface area (Å²) in [6.07, 6.45) is 4.70. The van der Waals surface area contributed by atoms with Crippen molar-refractivity contribution in [1.29, 1.82) is 5.26 Å². The van der Waals surface area contributed by atoms with E-state index in [4.69, 9.17) is 0 Å². The SMILES string of the molecule is CNC(=O)c1ccc2[nH]c(=O)c(C#N)c(N3CCC4(CC3)CC4)c2n1. The lowest BCUT2D eigenvalue weighted by atomic mass is 9.93. The highest BCUT2D eigenvalue weighted by Crippen LogP contribution is 2.54. The van der Waals surface area contributed by atoms with Crippen molar-refractivity contribution < 1.29 is 4.79 Å². The van der Waals surface area contributed by atoms with Crippen LogP contribution in [0.5, 0.6) is 0 Å². The van der Waals surface area contributed by atoms with E-state index in [9.17, 15) is 14.9 Å². The maximum atomic E-state index is 12.3. The molecule has 1 spiro atoms. The largest absolute Gasteiger partial charge is 0.368 e. The molecule has 0 bridgehead atoms. The molecule has 128 valence electrons. The lowest BCUT2D eigenvalue weighted by Crippen LogP contribution is -2.36. The van der Waals surface area contributed by atoms with E-state index < -0.39 is 5.56 Å². The van der Waals surface area contributed by atoms with E-state index in [-0.39, 0.29) is 17.2 Å². The summed E-state index contributed by atoms with van der Waals surface area (Å²) in [6.45, 7) is 1.61. The van der Waals surface area contributed by atoms with Gasteiger partial charge in [-0.25, -0.2) is 4.98 Å². The molecular weight excluding hydrogens is 318 g/mol. The van der Waals surface area contributed by atoms with Gasteiger partial charge in [-0.05, 0) is 43.2 Å². The molecule has 0 unspecified atom stereocenters. The molecule has 4 rings (SSSR count). The first-order valence-electron chi connectivity index (χ1n) is 8.51. The first-order valence-corrected chi connectivity index (χ1v) is 8.51. The third-order valence-electron chi connectivity index (χ3n) is 5.50. The summed E-state index contributed by atoms with van der Waals surface area (Å²) in [4.78, 5) is 33.5. The number of pyridine rings is 2. The zero-order valence-corrected chi connectivity index (χ0v) is 14.1. The normalized spacial score (nSPS) is 18.2. The van der Waals surface area contributed by atoms with Gasteiger partial charge in [0.2, 0.25) is 0 Å². The second kappa shape index (κ2) is 5.59. The van der Waals surface area contributed by atoms with Crippen LogP contribution in [0, 0.1) is 16.7 Å². The number of hydrogen-bond acceptors (Lipinski definition) is 5. The quantitative estimate of drug-likeness (QED) is 0.865. The number of rotatable bonds is 2. The topological polar surface area (TPSA) is 102 Å². The van der Waals surface area contributed by atoms with Gasteiger partial charge in [0.1, 0.15) is 22.8 Å². The smallest absolute Gasteiger partial charge is 0.269 e. The van der Waals surface area contributed by atoms with Gasteiger partial charge < -0.3 is 15.2 Å². The maximum Gasteiger partial charge on any atom is 0.269 e. The Hall–Kier alpha value is -2.88. The number of carbonyl (C=O) groups excluding carboxylic acids is 1. The van der Waals surface area contributed by atoms with Crippen LogP contribution in [0.15, 0.2) is 16.9 Å². The number of fused-ring (bicyclic) bond motifs is 1. The number of nitriles is 1. The Kier molecular flexibility index (Phi) is 3.49. The highest BCUT2D eigenvalue weighted by molar-refractivity contribution is 5.97. The van der Waals surface area contributed by atoms with Gasteiger partial charge in [-0.15, -0.1) is 0 Å². The molecule has 2 aromatic heterocycles. The predicted octanol–water partition coefficient (Wildman–Crippen LogP) is 1.53. The molecule has 0 aromatic carbocycles. The Bertz CT molecular complexity index is 958. The van der Waals surface area contributed by atoms with Crippen LogP contribution in [0.4, 0.5) is 5.69 Å². The summed E-state index contributed by atoms with van der Waals surface area (Å²) < 4.78 is 0. The van der Waals surface area contributed by atoms with Crippen LogP contribution in [-0.2, 0) is 0 Å². The third kappa shape index (κ3) is 2.54. The molecule has 2 fully saturated rings. The van der Waals surface area contributed by atoms with Crippen molar-refractivity contribution in [3.8, 4) is 6.07 Å². The van der Waals surface area contributed by atoms with Crippen LogP contribution in [-0.4, -0.2) is 36.0 Å². The highest BCUT2D eigenvalue weighted by Gasteiger charge is 2.45. The van der Waals surface area contributed by atoms with Gasteiger partial charge in [-0.1, -0.05) is 0 Å². The molecule has 3 heterocycles. The van der Waals surface area contributed by atoms with Crippen molar-refractivity contribution in [1.82, 2.24) is 15.3 Å². The number of H-pyrrole nitrogens is 1. The summed E-state index contributed by atoms with van der Waals surface area (Å²) in [5.74, 6) is -0.298. The Morgan fingerprint density at radius 1 is 1.32 bits per heavy atom. The molecule has 7 nitrogen and oxygen atoms in total. The maximum absolute atomic E-state index is 12.3. The Morgan fingerprint density at radius 2 is 2.04 bits per heavy atom. The number of amides is 1. The second-order valence-corrected chi connectivity index (χ2v) is 6.95. The number of anilines is 1. The molecule has 1 aliphatic heterocycles. The van der Waals surface area contributed by atoms with Crippen LogP contribution in [0.3, 0.4) is 0 Å². The van der Waals surface area contributed by atoms with E-state index in [1.54, 1.807) is 19.2 Å². The predicted molar refractivity (Wildman–Crippen MR) is 93.6 cm³/mol. The van der Waals surface area contributed by atoms with Crippen LogP contribution >= 0.6 is 0 Å². The highest BCUT2D eigenvalue weighted by atomic mass is 16.1. The molecule has 2 aliphatic rings. The summed E-state index contributed by atoms with van der Waals surface area (Å²) in [5.41, 5.74) is 2.01. The number of carbonyl (C=O) groups is 1. The van der Waals surface area contributed by atoms with Gasteiger partial charge in [0.05, 0.1) is 11.2 Å². The molecule has 7 heteroatoms. The molecule has 1 amide bonds. The fourth-order valence-corrected chi connectivity index (χ4v) is 3.70. The van der Waals surface area contributed by atoms with Gasteiger partial charge in [-0.2, -0.15) is 5.26 Å². The van der Waals surface area contributed by atoms with Crippen molar-refractivity contribution in [3.63, 3.8) is 0 Å². The summed E-state index contributed by atoms with van der Waals surface area (Å²) in [6, 6.07) is 5.27. The van der Waals surface area contributed by atoms with E-state index >= 15 is 0 Å². The first-order chi connectivity index (χ1) is 12.1. The van der Waals surface area contributed by atoms with Crippen LogP contribution < -0.4 is 15.8 Å². The number of hydrogen-bond donors (Lipinski definition) is 2. The standard InChI is InChI=1S/C18H19N5O2/c1-20-17(25)13-3-2-12-14(21-13)15(11(10-19)16(24)22-12)23-8-6-18(4-5-18)7-9-23/h2-3H,4-9H2,1H3,(H,20,25)(H,22,24). The fourth-order valence-electron chi connectivity index (χ4n) is 3.70. The molecule has 2 aromatic rings. The molecule has 0 atom stereocenters. The zero-order valence-electron chi connectivity index (χ0n) is 14.1. The molecule has 1 saturated heterocycles. The summed E-state index contributed by atoms with van der Waals surface area (Å²) in [5, 5.41) is 12.1. The molecule has 1 saturated carbocycles. The fraction of sp³-hybridized carbons (Fsp3) is 0.444. The zero-order chi connectivity index (χ0) is 17.6. The first kappa shape index (κ1) is 15.6. The molecule has 1 aliphatic carbocycles. The van der Waals surface area contributed by atoms with Crippen molar-refractivity contribution in [2.45, 2.75) is 25.7 Å². The summed E-state index contributed by atoms with van der Waals surface area (Å²) >= 11 is 0. The number of aromatic amines is 1. The number of nitrogens with one attached hydrogen (secondary N) is 2. The second-order valence-electron chi connectivity index (χ2n) is 6.95. The summed E-state index contributed by atoms with van der Waals surface area (Å²) in [7, 11) is 1.54. The van der Waals surface area contributed by atoms with Gasteiger partial charge >= 0.3 is 0 Å². The van der Waals surface area contributed by atoms with Gasteiger partial charge in [-0.3, -0.25) is 9.59 Å². The van der Waals surface area contributed by atoms with E-state index in [0.717, 1.165) is 25.9 Å². The van der Waals surface area contributed by atoms with Crippen molar-refractivity contribution in [2.24, 2.45) is 5.41 Å². The minimum Gasteiger partial charge on any atom is -0.368 e. The van der Waals surface area contributed by atoms with Crippen LogP contribution in [0.1, 0.15) is 41.7 Å². The lowest BCUT2D eigenvalue weighted by Gasteiger charge is -2.34. The van der Waals surface area contributed by atoms with Gasteiger partial charge in [0.25, 0.3) is 11.5 Å². The van der Waals surface area contributed by atoms with E-state index in [1.807, 2.05) is 6.07 Å². The van der Waals surface area contributed by atoms with Crippen LogP contribution in [0.25, 0.3) is 11.0 Å². The van der Waals surface area contributed by atoms with Gasteiger partial charge in [0, 0.05) is 20.1 Å². The van der Waals surface area contributed by atoms with Crippen molar-refractivity contribution in [3.05, 3.63) is 33.7 Å². The number of aromatic nitrogens is 2. The molecule has 2 N–H and O–H groups in total. The average Bonchev–Trinajstić information content (AvgIpc) is 3.39. The minimum absolute atomic E-state index is 0.0702. The molecule has 25 heavy (non-hydrogen) atoms. The third-order valence-corrected chi connectivity index (χ3v) is 5.50. The van der Waals surface area contributed by atoms with Gasteiger partial charge in [0.15, 0.2) is 0 Å². The van der Waals surface area contributed by atoms with E-state index in [0.29, 0.717) is 22.1 Å². The van der Waals surface area contributed by atoms with Crippen molar-refractivity contribution >= 4 is 22.6 Å². The van der Waals surface area contributed by atoms with E-state index in [2.05, 4.69) is 20.2 Å².